The van der Waals surface area contributed by atoms with E-state index >= 15 is 0 Å². The zero-order chi connectivity index (χ0) is 23.3. The van der Waals surface area contributed by atoms with Crippen molar-refractivity contribution in [3.05, 3.63) is 74.1 Å². The molecule has 2 amide bonds. The highest BCUT2D eigenvalue weighted by atomic mass is 32.1. The Morgan fingerprint density at radius 3 is 2.24 bits per heavy atom. The van der Waals surface area contributed by atoms with Crippen LogP contribution in [0.25, 0.3) is 21.0 Å². The first kappa shape index (κ1) is 21.5. The van der Waals surface area contributed by atoms with E-state index in [1.807, 2.05) is 38.1 Å². The zero-order valence-corrected chi connectivity index (χ0v) is 19.2. The lowest BCUT2D eigenvalue weighted by Crippen LogP contribution is -2.41. The summed E-state index contributed by atoms with van der Waals surface area (Å²) >= 11 is 1.48. The summed E-state index contributed by atoms with van der Waals surface area (Å²) in [5.41, 5.74) is 1.83. The molecule has 2 aromatic heterocycles. The number of nitrogens with zero attached hydrogens (tertiary/aromatic N) is 3. The molecule has 0 saturated heterocycles. The number of rotatable bonds is 6. The second-order valence-corrected chi connectivity index (χ2v) is 9.45. The van der Waals surface area contributed by atoms with Gasteiger partial charge in [-0.2, -0.15) is 0 Å². The van der Waals surface area contributed by atoms with Gasteiger partial charge in [0.15, 0.2) is 0 Å². The summed E-state index contributed by atoms with van der Waals surface area (Å²) in [6, 6.07) is 11.0. The molecule has 0 unspecified atom stereocenters. The maximum atomic E-state index is 13.1. The Labute approximate surface area is 193 Å². The number of fused-ring (bicyclic) bond motifs is 1. The van der Waals surface area contributed by atoms with Crippen molar-refractivity contribution < 1.29 is 14.7 Å². The summed E-state index contributed by atoms with van der Waals surface area (Å²) in [7, 11) is 0. The van der Waals surface area contributed by atoms with Gasteiger partial charge in [0.2, 0.25) is 0 Å². The number of hydrogen-bond donors (Lipinski definition) is 1. The van der Waals surface area contributed by atoms with E-state index in [2.05, 4.69) is 0 Å². The molecule has 3 heterocycles. The second-order valence-electron chi connectivity index (χ2n) is 8.25. The number of aromatic nitrogens is 2. The molecule has 0 spiro atoms. The topological polar surface area (TPSA) is 92.5 Å². The van der Waals surface area contributed by atoms with Crippen LogP contribution in [0.3, 0.4) is 0 Å². The smallest absolute Gasteiger partial charge is 0.262 e. The molecule has 7 nitrogen and oxygen atoms in total. The summed E-state index contributed by atoms with van der Waals surface area (Å²) in [6.07, 6.45) is 0.867. The molecule has 1 aliphatic heterocycles. The fraction of sp³-hybridized carbons (Fsp3) is 0.280. The lowest BCUT2D eigenvalue weighted by molar-refractivity contribution is 0.0608. The van der Waals surface area contributed by atoms with Gasteiger partial charge in [0, 0.05) is 34.4 Å². The van der Waals surface area contributed by atoms with Crippen molar-refractivity contribution in [2.75, 3.05) is 13.2 Å². The fourth-order valence-electron chi connectivity index (χ4n) is 4.57. The van der Waals surface area contributed by atoms with Crippen molar-refractivity contribution in [3.63, 3.8) is 0 Å². The van der Waals surface area contributed by atoms with Gasteiger partial charge >= 0.3 is 0 Å². The molecule has 4 aromatic rings. The average molecular weight is 462 g/mol. The molecule has 2 aromatic carbocycles. The number of carbonyl (C=O) groups is 2. The molecule has 0 bridgehead atoms. The predicted octanol–water partition coefficient (Wildman–Crippen LogP) is 3.45. The first-order valence-electron chi connectivity index (χ1n) is 10.9. The van der Waals surface area contributed by atoms with Gasteiger partial charge < -0.3 is 5.11 Å². The van der Waals surface area contributed by atoms with E-state index in [1.54, 1.807) is 12.1 Å². The monoisotopic (exact) mass is 461 g/mol. The molecular formula is C25H23N3O4S. The van der Waals surface area contributed by atoms with Crippen LogP contribution in [0.4, 0.5) is 0 Å². The van der Waals surface area contributed by atoms with Gasteiger partial charge in [-0.05, 0) is 43.4 Å². The number of amides is 2. The molecule has 0 aliphatic carbocycles. The number of benzene rings is 2. The summed E-state index contributed by atoms with van der Waals surface area (Å²) < 4.78 is 1.51. The van der Waals surface area contributed by atoms with E-state index in [9.17, 15) is 19.5 Å². The summed E-state index contributed by atoms with van der Waals surface area (Å²) in [5, 5.41) is 11.7. The summed E-state index contributed by atoms with van der Waals surface area (Å²) in [4.78, 5) is 47.0. The van der Waals surface area contributed by atoms with E-state index in [1.165, 1.54) is 20.8 Å². The van der Waals surface area contributed by atoms with Gasteiger partial charge in [0.05, 0.1) is 18.5 Å². The van der Waals surface area contributed by atoms with E-state index in [0.29, 0.717) is 45.4 Å². The molecule has 5 rings (SSSR count). The maximum absolute atomic E-state index is 13.1. The molecular weight excluding hydrogens is 438 g/mol. The molecule has 8 heteroatoms. The minimum Gasteiger partial charge on any atom is -0.395 e. The third kappa shape index (κ3) is 3.37. The van der Waals surface area contributed by atoms with Crippen LogP contribution in [0.2, 0.25) is 0 Å². The van der Waals surface area contributed by atoms with Gasteiger partial charge in [0.1, 0.15) is 10.7 Å². The zero-order valence-electron chi connectivity index (χ0n) is 18.4. The van der Waals surface area contributed by atoms with Crippen LogP contribution in [-0.2, 0) is 13.0 Å². The largest absolute Gasteiger partial charge is 0.395 e. The van der Waals surface area contributed by atoms with Gasteiger partial charge in [-0.15, -0.1) is 11.3 Å². The first-order chi connectivity index (χ1) is 15.9. The number of aliphatic hydroxyl groups is 1. The van der Waals surface area contributed by atoms with Crippen molar-refractivity contribution >= 4 is 44.1 Å². The minimum absolute atomic E-state index is 0.155. The Morgan fingerprint density at radius 1 is 0.939 bits per heavy atom. The van der Waals surface area contributed by atoms with E-state index in [-0.39, 0.29) is 37.1 Å². The van der Waals surface area contributed by atoms with E-state index in [0.717, 1.165) is 15.8 Å². The Kier molecular flexibility index (Phi) is 5.34. The van der Waals surface area contributed by atoms with Gasteiger partial charge in [-0.3, -0.25) is 23.9 Å². The second kappa shape index (κ2) is 8.20. The van der Waals surface area contributed by atoms with Crippen LogP contribution >= 0.6 is 11.3 Å². The van der Waals surface area contributed by atoms with Gasteiger partial charge in [-0.25, -0.2) is 4.98 Å². The van der Waals surface area contributed by atoms with Crippen LogP contribution in [0.1, 0.15) is 43.4 Å². The Hall–Kier alpha value is -3.36. The number of imide groups is 1. The van der Waals surface area contributed by atoms with E-state index < -0.39 is 0 Å². The van der Waals surface area contributed by atoms with Crippen molar-refractivity contribution in [3.8, 4) is 0 Å². The number of carbonyl (C=O) groups excluding carboxylic acids is 2. The lowest BCUT2D eigenvalue weighted by Gasteiger charge is -2.27. The minimum atomic E-state index is -0.301. The summed E-state index contributed by atoms with van der Waals surface area (Å²) in [6.45, 7) is 4.07. The molecule has 0 radical (unpaired) electrons. The van der Waals surface area contributed by atoms with Crippen LogP contribution in [-0.4, -0.2) is 44.5 Å². The fourth-order valence-corrected chi connectivity index (χ4v) is 5.61. The normalized spacial score (nSPS) is 13.5. The number of hydrogen-bond acceptors (Lipinski definition) is 6. The first-order valence-corrected chi connectivity index (χ1v) is 11.7. The van der Waals surface area contributed by atoms with Crippen LogP contribution < -0.4 is 5.56 Å². The summed E-state index contributed by atoms with van der Waals surface area (Å²) in [5.74, 6) is -0.0443. The molecule has 0 saturated carbocycles. The van der Waals surface area contributed by atoms with Crippen LogP contribution in [0.15, 0.2) is 41.2 Å². The quantitative estimate of drug-likeness (QED) is 0.444. The number of thiophene rings is 1. The van der Waals surface area contributed by atoms with Crippen molar-refractivity contribution in [1.82, 2.24) is 14.5 Å². The predicted molar refractivity (Wildman–Crippen MR) is 128 cm³/mol. The van der Waals surface area contributed by atoms with Crippen LogP contribution in [0.5, 0.6) is 0 Å². The van der Waals surface area contributed by atoms with Crippen LogP contribution in [0, 0.1) is 13.8 Å². The Balaban J connectivity index is 1.43. The molecule has 168 valence electrons. The van der Waals surface area contributed by atoms with Crippen molar-refractivity contribution in [1.29, 1.82) is 0 Å². The van der Waals surface area contributed by atoms with Gasteiger partial charge in [0.25, 0.3) is 17.4 Å². The van der Waals surface area contributed by atoms with E-state index in [4.69, 9.17) is 4.98 Å². The number of aryl methyl sites for hydroxylation is 3. The lowest BCUT2D eigenvalue weighted by atomic mass is 9.94. The highest BCUT2D eigenvalue weighted by Crippen LogP contribution is 2.30. The molecule has 0 fully saturated rings. The van der Waals surface area contributed by atoms with Crippen molar-refractivity contribution in [2.24, 2.45) is 0 Å². The number of aliphatic hydroxyl groups excluding tert-OH is 1. The highest BCUT2D eigenvalue weighted by molar-refractivity contribution is 7.18. The Morgan fingerprint density at radius 2 is 1.61 bits per heavy atom. The maximum Gasteiger partial charge on any atom is 0.262 e. The third-order valence-corrected chi connectivity index (χ3v) is 7.43. The molecule has 33 heavy (non-hydrogen) atoms. The molecule has 1 N–H and O–H groups in total. The average Bonchev–Trinajstić information content (AvgIpc) is 3.10. The molecule has 0 atom stereocenters. The standard InChI is InChI=1S/C25H23N3O4S/c1-14-15(2)33-22-20(14)25(32)27(12-13-29)19(26-22)10-5-11-28-23(30)17-8-3-6-16-7-4-9-18(21(16)17)24(28)31/h3-4,6-9,29H,5,10-13H2,1-2H3. The SMILES string of the molecule is Cc1sc2nc(CCCN3C(=O)c4cccc5cccc(c45)C3=O)n(CCO)c(=O)c2c1C. The Bertz CT molecular complexity index is 1450. The van der Waals surface area contributed by atoms with Gasteiger partial charge in [-0.1, -0.05) is 24.3 Å². The molecule has 1 aliphatic rings. The van der Waals surface area contributed by atoms with Crippen molar-refractivity contribution in [2.45, 2.75) is 33.2 Å². The highest BCUT2D eigenvalue weighted by Gasteiger charge is 2.32. The third-order valence-electron chi connectivity index (χ3n) is 6.33.